The number of carbonyl (C=O) groups excluding carboxylic acids is 2. The van der Waals surface area contributed by atoms with E-state index < -0.39 is 0 Å². The summed E-state index contributed by atoms with van der Waals surface area (Å²) in [4.78, 5) is 24.4. The molecule has 9 nitrogen and oxygen atoms in total. The van der Waals surface area contributed by atoms with Gasteiger partial charge in [0.1, 0.15) is 6.61 Å². The van der Waals surface area contributed by atoms with E-state index >= 15 is 0 Å². The summed E-state index contributed by atoms with van der Waals surface area (Å²) < 4.78 is 19.2. The largest absolute Gasteiger partial charge is 0.469 e. The average Bonchev–Trinajstić information content (AvgIpc) is 2.64. The number of morpholine rings is 2. The molecule has 0 aromatic rings. The monoisotopic (exact) mass is 378 g/mol. The number of β-amino-alcohol motifs (C(OH)–C–C–N with tert-alkyl or cyclic N) is 1. The number of hydrogen-bond acceptors (Lipinski definition) is 9. The highest BCUT2D eigenvalue weighted by molar-refractivity contribution is 5.66. The molecule has 0 bridgehead atoms. The first-order chi connectivity index (χ1) is 12.5. The molecule has 2 fully saturated rings. The standard InChI is InChI=1S/C8H15NO3.C6H13NO2.C3H6O2/c1-8(10)12-7-4-9-2-5-11-6-3-9;8-4-1-7-2-5-9-6-3-7;1-3(4)5-2/h2-7H2,1H3;8H,1-6H2;1-2H3. The van der Waals surface area contributed by atoms with Crippen LogP contribution in [0, 0.1) is 0 Å². The second-order valence-electron chi connectivity index (χ2n) is 5.67. The fourth-order valence-corrected chi connectivity index (χ4v) is 2.11. The third-order valence-electron chi connectivity index (χ3n) is 3.62. The van der Waals surface area contributed by atoms with Gasteiger partial charge in [0.15, 0.2) is 0 Å². The van der Waals surface area contributed by atoms with Crippen LogP contribution in [0.4, 0.5) is 0 Å². The Balaban J connectivity index is 0.000000394. The quantitative estimate of drug-likeness (QED) is 0.627. The Kier molecular flexibility index (Phi) is 16.3. The van der Waals surface area contributed by atoms with Crippen LogP contribution in [-0.2, 0) is 28.5 Å². The highest BCUT2D eigenvalue weighted by Gasteiger charge is 2.09. The van der Waals surface area contributed by atoms with Crippen molar-refractivity contribution in [1.82, 2.24) is 9.80 Å². The normalized spacial score (nSPS) is 17.8. The van der Waals surface area contributed by atoms with E-state index in [-0.39, 0.29) is 18.5 Å². The van der Waals surface area contributed by atoms with Crippen molar-refractivity contribution in [1.29, 1.82) is 0 Å². The molecular weight excluding hydrogens is 344 g/mol. The molecule has 0 radical (unpaired) electrons. The number of hydrogen-bond donors (Lipinski definition) is 1. The van der Waals surface area contributed by atoms with E-state index in [1.807, 2.05) is 0 Å². The summed E-state index contributed by atoms with van der Waals surface area (Å²) in [5.41, 5.74) is 0. The number of nitrogens with zero attached hydrogens (tertiary/aromatic N) is 2. The Bertz CT molecular complexity index is 354. The number of aliphatic hydroxyl groups excluding tert-OH is 1. The summed E-state index contributed by atoms with van der Waals surface area (Å²) in [6, 6.07) is 0. The van der Waals surface area contributed by atoms with Crippen molar-refractivity contribution < 1.29 is 33.6 Å². The molecule has 9 heteroatoms. The van der Waals surface area contributed by atoms with Crippen LogP contribution in [0.3, 0.4) is 0 Å². The third-order valence-corrected chi connectivity index (χ3v) is 3.62. The van der Waals surface area contributed by atoms with Gasteiger partial charge in [-0.2, -0.15) is 0 Å². The highest BCUT2D eigenvalue weighted by atomic mass is 16.5. The highest BCUT2D eigenvalue weighted by Crippen LogP contribution is 1.95. The molecule has 0 spiro atoms. The van der Waals surface area contributed by atoms with Crippen LogP contribution in [0.1, 0.15) is 13.8 Å². The first-order valence-corrected chi connectivity index (χ1v) is 8.88. The second-order valence-corrected chi connectivity index (χ2v) is 5.67. The van der Waals surface area contributed by atoms with Crippen LogP contribution in [0.2, 0.25) is 0 Å². The van der Waals surface area contributed by atoms with Gasteiger partial charge >= 0.3 is 11.9 Å². The number of aliphatic hydroxyl groups is 1. The van der Waals surface area contributed by atoms with E-state index in [0.717, 1.165) is 65.7 Å². The zero-order valence-electron chi connectivity index (χ0n) is 16.3. The molecule has 2 heterocycles. The lowest BCUT2D eigenvalue weighted by atomic mass is 10.4. The predicted octanol–water partition coefficient (Wildman–Crippen LogP) is -0.628. The molecule has 2 saturated heterocycles. The Morgan fingerprint density at radius 3 is 1.65 bits per heavy atom. The number of rotatable bonds is 5. The first kappa shape index (κ1) is 24.7. The maximum absolute atomic E-state index is 10.4. The van der Waals surface area contributed by atoms with Gasteiger partial charge in [0, 0.05) is 53.1 Å². The number of esters is 2. The molecule has 2 aliphatic rings. The van der Waals surface area contributed by atoms with Gasteiger partial charge < -0.3 is 24.1 Å². The lowest BCUT2D eigenvalue weighted by molar-refractivity contribution is -0.141. The molecule has 0 unspecified atom stereocenters. The average molecular weight is 378 g/mol. The van der Waals surface area contributed by atoms with Gasteiger partial charge in [-0.05, 0) is 0 Å². The van der Waals surface area contributed by atoms with E-state index in [1.54, 1.807) is 0 Å². The minimum Gasteiger partial charge on any atom is -0.469 e. The summed E-state index contributed by atoms with van der Waals surface area (Å²) in [7, 11) is 1.35. The van der Waals surface area contributed by atoms with Crippen LogP contribution in [0.25, 0.3) is 0 Å². The van der Waals surface area contributed by atoms with Crippen molar-refractivity contribution in [2.24, 2.45) is 0 Å². The Hall–Kier alpha value is -1.26. The SMILES string of the molecule is CC(=O)OCCN1CCOCC1.COC(C)=O.OCCN1CCOCC1. The van der Waals surface area contributed by atoms with Crippen LogP contribution < -0.4 is 0 Å². The molecule has 2 aliphatic heterocycles. The first-order valence-electron chi connectivity index (χ1n) is 8.88. The van der Waals surface area contributed by atoms with Gasteiger partial charge in [-0.3, -0.25) is 19.4 Å². The molecule has 154 valence electrons. The molecule has 0 aromatic carbocycles. The Labute approximate surface area is 156 Å². The smallest absolute Gasteiger partial charge is 0.302 e. The van der Waals surface area contributed by atoms with Gasteiger partial charge in [0.05, 0.1) is 40.1 Å². The van der Waals surface area contributed by atoms with Crippen molar-refractivity contribution in [2.45, 2.75) is 13.8 Å². The van der Waals surface area contributed by atoms with E-state index in [9.17, 15) is 9.59 Å². The number of methoxy groups -OCH3 is 1. The molecule has 0 amide bonds. The maximum atomic E-state index is 10.4. The molecule has 0 aromatic heterocycles. The van der Waals surface area contributed by atoms with Crippen LogP contribution in [0.15, 0.2) is 0 Å². The van der Waals surface area contributed by atoms with Crippen molar-refractivity contribution in [3.8, 4) is 0 Å². The summed E-state index contributed by atoms with van der Waals surface area (Å²) in [5, 5.41) is 8.54. The fraction of sp³-hybridized carbons (Fsp3) is 0.882. The van der Waals surface area contributed by atoms with E-state index in [1.165, 1.54) is 21.0 Å². The van der Waals surface area contributed by atoms with Crippen molar-refractivity contribution in [3.63, 3.8) is 0 Å². The Morgan fingerprint density at radius 2 is 1.31 bits per heavy atom. The summed E-state index contributed by atoms with van der Waals surface area (Å²) in [6.45, 7) is 12.2. The van der Waals surface area contributed by atoms with Gasteiger partial charge in [-0.1, -0.05) is 0 Å². The van der Waals surface area contributed by atoms with Gasteiger partial charge in [-0.25, -0.2) is 0 Å². The number of carbonyl (C=O) groups is 2. The summed E-state index contributed by atoms with van der Waals surface area (Å²) in [6.07, 6.45) is 0. The fourth-order valence-electron chi connectivity index (χ4n) is 2.11. The minimum atomic E-state index is -0.245. The van der Waals surface area contributed by atoms with Gasteiger partial charge in [0.25, 0.3) is 0 Å². The molecule has 0 saturated carbocycles. The molecule has 0 aliphatic carbocycles. The van der Waals surface area contributed by atoms with Crippen LogP contribution in [-0.4, -0.2) is 113 Å². The number of ether oxygens (including phenoxy) is 4. The summed E-state index contributed by atoms with van der Waals surface area (Å²) in [5.74, 6) is -0.451. The predicted molar refractivity (Wildman–Crippen MR) is 95.9 cm³/mol. The van der Waals surface area contributed by atoms with Crippen LogP contribution in [0.5, 0.6) is 0 Å². The van der Waals surface area contributed by atoms with Gasteiger partial charge in [0.2, 0.25) is 0 Å². The lowest BCUT2D eigenvalue weighted by Crippen LogP contribution is -2.38. The van der Waals surface area contributed by atoms with Crippen molar-refractivity contribution >= 4 is 11.9 Å². The minimum absolute atomic E-state index is 0.205. The Morgan fingerprint density at radius 1 is 0.885 bits per heavy atom. The van der Waals surface area contributed by atoms with Gasteiger partial charge in [-0.15, -0.1) is 0 Å². The van der Waals surface area contributed by atoms with Crippen LogP contribution >= 0.6 is 0 Å². The third kappa shape index (κ3) is 16.2. The maximum Gasteiger partial charge on any atom is 0.302 e. The van der Waals surface area contributed by atoms with Crippen molar-refractivity contribution in [3.05, 3.63) is 0 Å². The second kappa shape index (κ2) is 17.2. The zero-order valence-corrected chi connectivity index (χ0v) is 16.3. The lowest BCUT2D eigenvalue weighted by Gasteiger charge is -2.25. The summed E-state index contributed by atoms with van der Waals surface area (Å²) >= 11 is 0. The van der Waals surface area contributed by atoms with E-state index in [2.05, 4.69) is 14.5 Å². The molecule has 1 N–H and O–H groups in total. The topological polar surface area (TPSA) is 97.8 Å². The molecule has 0 atom stereocenters. The molecule has 2 rings (SSSR count). The van der Waals surface area contributed by atoms with E-state index in [0.29, 0.717) is 6.61 Å². The van der Waals surface area contributed by atoms with Crippen molar-refractivity contribution in [2.75, 3.05) is 86.0 Å². The van der Waals surface area contributed by atoms with E-state index in [4.69, 9.17) is 19.3 Å². The molecule has 26 heavy (non-hydrogen) atoms. The zero-order chi connectivity index (χ0) is 19.6. The molecular formula is C17H34N2O7.